The molecule has 5 saturated carbocycles. The summed E-state index contributed by atoms with van der Waals surface area (Å²) in [6.07, 6.45) is 2.62. The van der Waals surface area contributed by atoms with E-state index in [0.29, 0.717) is 37.5 Å². The summed E-state index contributed by atoms with van der Waals surface area (Å²) in [4.78, 5) is 11.5. The highest BCUT2D eigenvalue weighted by Gasteiger charge is 2.69. The number of hydrogen-bond acceptors (Lipinski definition) is 4. The summed E-state index contributed by atoms with van der Waals surface area (Å²) < 4.78 is 68.8. The van der Waals surface area contributed by atoms with Gasteiger partial charge in [-0.05, 0) is 118 Å². The molecule has 0 bridgehead atoms. The molecule has 0 aromatic carbocycles. The standard InChI is InChI=1S/C29H45F5N2O2/c1-23-10-8-22-24(2)12-15-26(36-38,29(32,33)34)18-20(24)7-11-28(22,35)21(23)6-5-19(23)4-3-9-25(37)13-16-27(30,31)17-14-25/h19-22,37H,3-18,35H2,1-2H3/t19?,20?,21?,22?,23?,24?,26-,28?/m0/s1. The largest absolute Gasteiger partial charge is 0.417 e. The molecule has 0 radical (unpaired) electrons. The van der Waals surface area contributed by atoms with E-state index in [9.17, 15) is 32.0 Å². The van der Waals surface area contributed by atoms with E-state index in [2.05, 4.69) is 19.0 Å². The first-order valence-corrected chi connectivity index (χ1v) is 14.8. The summed E-state index contributed by atoms with van der Waals surface area (Å²) in [5.41, 5.74) is 3.20. The highest BCUT2D eigenvalue weighted by molar-refractivity contribution is 5.20. The number of nitrogens with zero attached hydrogens (tertiary/aromatic N) is 1. The molecule has 0 aromatic heterocycles. The highest BCUT2D eigenvalue weighted by atomic mass is 19.4. The molecule has 5 rings (SSSR count). The molecule has 9 heteroatoms. The van der Waals surface area contributed by atoms with Crippen molar-refractivity contribution >= 4 is 0 Å². The minimum Gasteiger partial charge on any atom is -0.390 e. The molecule has 0 aliphatic heterocycles. The van der Waals surface area contributed by atoms with Crippen LogP contribution in [-0.4, -0.2) is 33.9 Å². The van der Waals surface area contributed by atoms with E-state index in [-0.39, 0.29) is 61.2 Å². The Kier molecular flexibility index (Phi) is 6.86. The van der Waals surface area contributed by atoms with Crippen molar-refractivity contribution in [2.75, 3.05) is 0 Å². The SMILES string of the molecule is CC12CCC3C4(C)CC[C@@](N=O)(C(F)(F)F)CC4CCC3(N)C1CCC2CCCC1(O)CCC(F)(F)CC1. The fourth-order valence-electron chi connectivity index (χ4n) is 10.4. The van der Waals surface area contributed by atoms with Gasteiger partial charge in [0.25, 0.3) is 0 Å². The molecule has 7 unspecified atom stereocenters. The van der Waals surface area contributed by atoms with E-state index in [0.717, 1.165) is 38.5 Å². The van der Waals surface area contributed by atoms with E-state index in [4.69, 9.17) is 5.73 Å². The zero-order valence-electron chi connectivity index (χ0n) is 22.9. The smallest absolute Gasteiger partial charge is 0.390 e. The molecule has 0 saturated heterocycles. The molecule has 5 aliphatic carbocycles. The van der Waals surface area contributed by atoms with Crippen molar-refractivity contribution < 1.29 is 27.1 Å². The third-order valence-electron chi connectivity index (χ3n) is 12.9. The van der Waals surface area contributed by atoms with Gasteiger partial charge in [-0.1, -0.05) is 25.4 Å². The van der Waals surface area contributed by atoms with E-state index in [1.165, 1.54) is 0 Å². The lowest BCUT2D eigenvalue weighted by Gasteiger charge is -2.66. The molecule has 0 heterocycles. The van der Waals surface area contributed by atoms with Crippen LogP contribution in [0.2, 0.25) is 0 Å². The van der Waals surface area contributed by atoms with Gasteiger partial charge >= 0.3 is 6.18 Å². The zero-order chi connectivity index (χ0) is 27.8. The van der Waals surface area contributed by atoms with Crippen molar-refractivity contribution in [1.29, 1.82) is 0 Å². The summed E-state index contributed by atoms with van der Waals surface area (Å²) in [5, 5.41) is 13.5. The molecule has 8 atom stereocenters. The molecular weight excluding hydrogens is 503 g/mol. The van der Waals surface area contributed by atoms with Crippen LogP contribution in [0.3, 0.4) is 0 Å². The Morgan fingerprint density at radius 1 is 0.868 bits per heavy atom. The van der Waals surface area contributed by atoms with Gasteiger partial charge in [0.2, 0.25) is 5.92 Å². The average molecular weight is 549 g/mol. The zero-order valence-corrected chi connectivity index (χ0v) is 22.9. The summed E-state index contributed by atoms with van der Waals surface area (Å²) in [5.74, 6) is -1.98. The molecule has 4 nitrogen and oxygen atoms in total. The number of alkyl halides is 5. The number of halogens is 5. The fraction of sp³-hybridized carbons (Fsp3) is 1.00. The van der Waals surface area contributed by atoms with Crippen molar-refractivity contribution in [1.82, 2.24) is 0 Å². The van der Waals surface area contributed by atoms with Crippen molar-refractivity contribution in [3.8, 4) is 0 Å². The summed E-state index contributed by atoms with van der Waals surface area (Å²) in [7, 11) is 0. The van der Waals surface area contributed by atoms with Crippen LogP contribution < -0.4 is 5.73 Å². The van der Waals surface area contributed by atoms with Crippen LogP contribution in [0.15, 0.2) is 5.18 Å². The third kappa shape index (κ3) is 4.35. The van der Waals surface area contributed by atoms with E-state index in [1.54, 1.807) is 0 Å². The van der Waals surface area contributed by atoms with E-state index in [1.807, 2.05) is 0 Å². The summed E-state index contributed by atoms with van der Waals surface area (Å²) >= 11 is 0. The van der Waals surface area contributed by atoms with Crippen LogP contribution in [0, 0.1) is 39.4 Å². The van der Waals surface area contributed by atoms with Crippen molar-refractivity contribution in [3.63, 3.8) is 0 Å². The number of fused-ring (bicyclic) bond motifs is 5. The Balaban J connectivity index is 1.26. The van der Waals surface area contributed by atoms with Crippen LogP contribution >= 0.6 is 0 Å². The third-order valence-corrected chi connectivity index (χ3v) is 12.9. The second-order valence-electron chi connectivity index (χ2n) is 14.6. The van der Waals surface area contributed by atoms with Gasteiger partial charge in [-0.25, -0.2) is 8.78 Å². The predicted molar refractivity (Wildman–Crippen MR) is 135 cm³/mol. The number of nitroso groups, excluding NO2 is 1. The Morgan fingerprint density at radius 3 is 2.16 bits per heavy atom. The van der Waals surface area contributed by atoms with Gasteiger partial charge < -0.3 is 10.8 Å². The van der Waals surface area contributed by atoms with Crippen LogP contribution in [-0.2, 0) is 0 Å². The first-order chi connectivity index (χ1) is 17.5. The number of rotatable bonds is 5. The van der Waals surface area contributed by atoms with Crippen LogP contribution in [0.25, 0.3) is 0 Å². The van der Waals surface area contributed by atoms with Gasteiger partial charge in [-0.2, -0.15) is 13.2 Å². The quantitative estimate of drug-likeness (QED) is 0.271. The highest BCUT2D eigenvalue weighted by Crippen LogP contribution is 2.70. The lowest BCUT2D eigenvalue weighted by molar-refractivity contribution is -0.220. The second-order valence-corrected chi connectivity index (χ2v) is 14.6. The minimum absolute atomic E-state index is 0.0470. The molecule has 3 N–H and O–H groups in total. The van der Waals surface area contributed by atoms with Gasteiger partial charge in [0.1, 0.15) is 0 Å². The molecule has 218 valence electrons. The molecule has 5 fully saturated rings. The molecule has 5 aliphatic rings. The number of nitrogens with two attached hydrogens (primary N) is 1. The van der Waals surface area contributed by atoms with Crippen molar-refractivity contribution in [2.24, 2.45) is 45.4 Å². The molecule has 0 aromatic rings. The first kappa shape index (κ1) is 28.7. The Hall–Kier alpha value is -0.830. The topological polar surface area (TPSA) is 75.7 Å². The maximum atomic E-state index is 13.9. The van der Waals surface area contributed by atoms with Crippen molar-refractivity contribution in [3.05, 3.63) is 4.91 Å². The van der Waals surface area contributed by atoms with Crippen LogP contribution in [0.1, 0.15) is 117 Å². The monoisotopic (exact) mass is 548 g/mol. The Bertz CT molecular complexity index is 919. The normalized spacial score (nSPS) is 48.0. The van der Waals surface area contributed by atoms with Crippen LogP contribution in [0.5, 0.6) is 0 Å². The van der Waals surface area contributed by atoms with Gasteiger partial charge in [0.15, 0.2) is 5.54 Å². The first-order valence-electron chi connectivity index (χ1n) is 14.8. The van der Waals surface area contributed by atoms with E-state index < -0.39 is 28.8 Å². The lowest BCUT2D eigenvalue weighted by Crippen LogP contribution is -2.69. The average Bonchev–Trinajstić information content (AvgIpc) is 3.17. The maximum Gasteiger partial charge on any atom is 0.417 e. The summed E-state index contributed by atoms with van der Waals surface area (Å²) in [6, 6.07) is 0. The maximum absolute atomic E-state index is 13.9. The molecule has 0 amide bonds. The van der Waals surface area contributed by atoms with Gasteiger partial charge in [0.05, 0.1) is 5.60 Å². The molecular formula is C29H45F5N2O2. The predicted octanol–water partition coefficient (Wildman–Crippen LogP) is 7.90. The molecule has 0 spiro atoms. The fourth-order valence-corrected chi connectivity index (χ4v) is 10.4. The summed E-state index contributed by atoms with van der Waals surface area (Å²) in [6.45, 7) is 4.47. The Labute approximate surface area is 223 Å². The lowest BCUT2D eigenvalue weighted by atomic mass is 9.41. The Morgan fingerprint density at radius 2 is 1.53 bits per heavy atom. The van der Waals surface area contributed by atoms with Crippen LogP contribution in [0.4, 0.5) is 22.0 Å². The van der Waals surface area contributed by atoms with Gasteiger partial charge in [-0.3, -0.25) is 0 Å². The minimum atomic E-state index is -4.62. The van der Waals surface area contributed by atoms with Gasteiger partial charge in [-0.15, -0.1) is 4.91 Å². The van der Waals surface area contributed by atoms with Gasteiger partial charge in [0, 0.05) is 18.4 Å². The second kappa shape index (κ2) is 9.09. The van der Waals surface area contributed by atoms with Crippen molar-refractivity contribution in [2.45, 2.75) is 145 Å². The molecule has 38 heavy (non-hydrogen) atoms. The number of hydrogen-bond donors (Lipinski definition) is 2. The number of aliphatic hydroxyl groups is 1. The van der Waals surface area contributed by atoms with E-state index >= 15 is 0 Å².